The molecule has 0 aromatic heterocycles. The summed E-state index contributed by atoms with van der Waals surface area (Å²) in [5.41, 5.74) is -1.04. The van der Waals surface area contributed by atoms with Crippen molar-refractivity contribution in [3.63, 3.8) is 0 Å². The molecule has 2 N–H and O–H groups in total. The van der Waals surface area contributed by atoms with Gasteiger partial charge in [0, 0.05) is 23.3 Å². The Bertz CT molecular complexity index is 1390. The van der Waals surface area contributed by atoms with Gasteiger partial charge >= 0.3 is 0 Å². The van der Waals surface area contributed by atoms with Gasteiger partial charge < -0.3 is 20.3 Å². The standard InChI is InChI=1S/C30H30Cl3N3O4/c1-29-13-14-30(40-29)24(23(29)26(37)35-20-11-12-21(32)22(33)15-20)28(39)36(16-17-7-9-18(31)10-8-17)25(30)27(38)34-19-5-3-2-4-6-19/h7-15,19,23-25H,2-6,16H2,1H3,(H,34,38)(H,35,37)/t23?,24-,25?,29-,30?/m0/s1. The molecule has 6 rings (SSSR count). The average Bonchev–Trinajstić information content (AvgIpc) is 3.49. The fraction of sp³-hybridized carbons (Fsp3) is 0.433. The van der Waals surface area contributed by atoms with Crippen LogP contribution in [0, 0.1) is 11.8 Å². The van der Waals surface area contributed by atoms with Gasteiger partial charge in [-0.25, -0.2) is 0 Å². The number of hydrogen-bond donors (Lipinski definition) is 2. The van der Waals surface area contributed by atoms with E-state index in [0.29, 0.717) is 20.8 Å². The zero-order valence-electron chi connectivity index (χ0n) is 22.0. The lowest BCUT2D eigenvalue weighted by Gasteiger charge is -2.34. The SMILES string of the molecule is C[C@@]12C=CC3(O1)C(C(=O)NC1CCCCC1)N(Cc1ccc(Cl)cc1)C(=O)[C@@H]3C2C(=O)Nc1ccc(Cl)c(Cl)c1. The summed E-state index contributed by atoms with van der Waals surface area (Å²) in [6.45, 7) is 1.98. The number of nitrogens with one attached hydrogen (secondary N) is 2. The summed E-state index contributed by atoms with van der Waals surface area (Å²) in [7, 11) is 0. The van der Waals surface area contributed by atoms with Gasteiger partial charge in [0.2, 0.25) is 17.7 Å². The van der Waals surface area contributed by atoms with Crippen molar-refractivity contribution >= 4 is 58.2 Å². The second-order valence-corrected chi connectivity index (χ2v) is 12.6. The van der Waals surface area contributed by atoms with Crippen LogP contribution >= 0.6 is 34.8 Å². The molecular formula is C30H30Cl3N3O4. The second-order valence-electron chi connectivity index (χ2n) is 11.4. The van der Waals surface area contributed by atoms with Crippen LogP contribution in [0.4, 0.5) is 5.69 Å². The van der Waals surface area contributed by atoms with Crippen LogP contribution in [0.15, 0.2) is 54.6 Å². The van der Waals surface area contributed by atoms with Crippen molar-refractivity contribution in [2.24, 2.45) is 11.8 Å². The number of benzene rings is 2. The van der Waals surface area contributed by atoms with Crippen LogP contribution in [-0.2, 0) is 25.7 Å². The van der Waals surface area contributed by atoms with Gasteiger partial charge in [0.1, 0.15) is 11.6 Å². The zero-order chi connectivity index (χ0) is 28.2. The maximum absolute atomic E-state index is 14.2. The van der Waals surface area contributed by atoms with E-state index in [2.05, 4.69) is 10.6 Å². The Morgan fingerprint density at radius 3 is 2.40 bits per heavy atom. The van der Waals surface area contributed by atoms with E-state index in [4.69, 9.17) is 39.5 Å². The van der Waals surface area contributed by atoms with Crippen molar-refractivity contribution in [2.75, 3.05) is 5.32 Å². The van der Waals surface area contributed by atoms with Crippen LogP contribution in [0.5, 0.6) is 0 Å². The third-order valence-electron chi connectivity index (χ3n) is 8.73. The largest absolute Gasteiger partial charge is 0.356 e. The first kappa shape index (κ1) is 27.6. The van der Waals surface area contributed by atoms with E-state index in [1.165, 1.54) is 0 Å². The number of nitrogens with zero attached hydrogens (tertiary/aromatic N) is 1. The molecule has 1 saturated carbocycles. The van der Waals surface area contributed by atoms with Crippen LogP contribution in [0.1, 0.15) is 44.6 Å². The number of fused-ring (bicyclic) bond motifs is 1. The van der Waals surface area contributed by atoms with Crippen molar-refractivity contribution in [1.29, 1.82) is 0 Å². The molecule has 3 amide bonds. The number of likely N-dealkylation sites (tertiary alicyclic amines) is 1. The van der Waals surface area contributed by atoms with Gasteiger partial charge in [0.05, 0.1) is 27.5 Å². The highest BCUT2D eigenvalue weighted by atomic mass is 35.5. The molecule has 7 nitrogen and oxygen atoms in total. The Morgan fingerprint density at radius 1 is 0.975 bits per heavy atom. The van der Waals surface area contributed by atoms with Crippen molar-refractivity contribution < 1.29 is 19.1 Å². The number of anilines is 1. The lowest BCUT2D eigenvalue weighted by atomic mass is 9.70. The monoisotopic (exact) mass is 601 g/mol. The summed E-state index contributed by atoms with van der Waals surface area (Å²) >= 11 is 18.3. The molecule has 2 saturated heterocycles. The Morgan fingerprint density at radius 2 is 1.70 bits per heavy atom. The molecule has 5 atom stereocenters. The maximum atomic E-state index is 14.2. The molecule has 4 aliphatic rings. The first-order chi connectivity index (χ1) is 19.1. The van der Waals surface area contributed by atoms with E-state index < -0.39 is 29.1 Å². The minimum atomic E-state index is -1.27. The number of rotatable bonds is 6. The number of amides is 3. The summed E-state index contributed by atoms with van der Waals surface area (Å²) in [6.07, 6.45) is 8.73. The van der Waals surface area contributed by atoms with Crippen molar-refractivity contribution in [1.82, 2.24) is 10.2 Å². The normalized spacial score (nSPS) is 30.9. The first-order valence-electron chi connectivity index (χ1n) is 13.6. The van der Waals surface area contributed by atoms with Gasteiger partial charge in [0.25, 0.3) is 0 Å². The van der Waals surface area contributed by atoms with Crippen molar-refractivity contribution in [3.05, 3.63) is 75.2 Å². The molecule has 3 aliphatic heterocycles. The van der Waals surface area contributed by atoms with Crippen LogP contribution in [0.25, 0.3) is 0 Å². The minimum absolute atomic E-state index is 0.0519. The molecule has 1 spiro atoms. The lowest BCUT2D eigenvalue weighted by molar-refractivity contribution is -0.145. The number of halogens is 3. The zero-order valence-corrected chi connectivity index (χ0v) is 24.2. The smallest absolute Gasteiger partial charge is 0.246 e. The van der Waals surface area contributed by atoms with E-state index in [1.54, 1.807) is 42.2 Å². The summed E-state index contributed by atoms with van der Waals surface area (Å²) in [6, 6.07) is 11.1. The molecule has 3 heterocycles. The van der Waals surface area contributed by atoms with E-state index in [0.717, 1.165) is 37.7 Å². The van der Waals surface area contributed by atoms with Gasteiger partial charge in [0.15, 0.2) is 0 Å². The van der Waals surface area contributed by atoms with Crippen LogP contribution in [0.3, 0.4) is 0 Å². The predicted octanol–water partition coefficient (Wildman–Crippen LogP) is 5.78. The van der Waals surface area contributed by atoms with Gasteiger partial charge in [-0.3, -0.25) is 14.4 Å². The fourth-order valence-corrected chi connectivity index (χ4v) is 7.33. The Hall–Kier alpha value is -2.58. The van der Waals surface area contributed by atoms with E-state index in [9.17, 15) is 14.4 Å². The molecule has 40 heavy (non-hydrogen) atoms. The summed E-state index contributed by atoms with van der Waals surface area (Å²) in [5, 5.41) is 7.35. The summed E-state index contributed by atoms with van der Waals surface area (Å²) in [4.78, 5) is 43.6. The fourth-order valence-electron chi connectivity index (χ4n) is 6.91. The Balaban J connectivity index is 1.35. The van der Waals surface area contributed by atoms with Crippen LogP contribution in [0.2, 0.25) is 15.1 Å². The van der Waals surface area contributed by atoms with Crippen LogP contribution < -0.4 is 10.6 Å². The lowest BCUT2D eigenvalue weighted by Crippen LogP contribution is -2.56. The Kier molecular flexibility index (Phi) is 7.14. The summed E-state index contributed by atoms with van der Waals surface area (Å²) in [5.74, 6) is -2.66. The number of carbonyl (C=O) groups excluding carboxylic acids is 3. The van der Waals surface area contributed by atoms with Gasteiger partial charge in [-0.15, -0.1) is 0 Å². The maximum Gasteiger partial charge on any atom is 0.246 e. The molecule has 10 heteroatoms. The summed E-state index contributed by atoms with van der Waals surface area (Å²) < 4.78 is 6.60. The van der Waals surface area contributed by atoms with E-state index >= 15 is 0 Å². The molecule has 1 aliphatic carbocycles. The molecule has 2 bridgehead atoms. The van der Waals surface area contributed by atoms with Gasteiger partial charge in [-0.05, 0) is 55.7 Å². The van der Waals surface area contributed by atoms with E-state index in [1.807, 2.05) is 24.3 Å². The topological polar surface area (TPSA) is 87.7 Å². The molecule has 0 radical (unpaired) electrons. The second kappa shape index (κ2) is 10.4. The molecule has 210 valence electrons. The highest BCUT2D eigenvalue weighted by molar-refractivity contribution is 6.42. The number of ether oxygens (including phenoxy) is 1. The number of hydrogen-bond acceptors (Lipinski definition) is 4. The average molecular weight is 603 g/mol. The van der Waals surface area contributed by atoms with Crippen molar-refractivity contribution in [3.8, 4) is 0 Å². The number of carbonyl (C=O) groups is 3. The molecule has 2 aromatic carbocycles. The Labute approximate surface area is 248 Å². The quantitative estimate of drug-likeness (QED) is 0.411. The van der Waals surface area contributed by atoms with E-state index in [-0.39, 0.29) is 30.3 Å². The highest BCUT2D eigenvalue weighted by Gasteiger charge is 2.76. The minimum Gasteiger partial charge on any atom is -0.356 e. The molecule has 3 fully saturated rings. The van der Waals surface area contributed by atoms with Crippen molar-refractivity contribution in [2.45, 2.75) is 68.9 Å². The third-order valence-corrected chi connectivity index (χ3v) is 9.72. The molecule has 3 unspecified atom stereocenters. The third kappa shape index (κ3) is 4.61. The van der Waals surface area contributed by atoms with Crippen LogP contribution in [-0.4, -0.2) is 45.9 Å². The first-order valence-corrected chi connectivity index (χ1v) is 14.8. The highest BCUT2D eigenvalue weighted by Crippen LogP contribution is 2.60. The predicted molar refractivity (Wildman–Crippen MR) is 154 cm³/mol. The molecular weight excluding hydrogens is 573 g/mol. The molecule has 2 aromatic rings. The van der Waals surface area contributed by atoms with Gasteiger partial charge in [-0.1, -0.05) is 78.4 Å². The van der Waals surface area contributed by atoms with Gasteiger partial charge in [-0.2, -0.15) is 0 Å².